The first-order chi connectivity index (χ1) is 12.5. The molecule has 0 saturated carbocycles. The largest absolute Gasteiger partial charge is 0.478 e. The first-order valence-corrected chi connectivity index (χ1v) is 8.45. The highest BCUT2D eigenvalue weighted by Gasteiger charge is 1.92. The first kappa shape index (κ1) is 20.9. The number of carbonyl (C=O) groups excluding carboxylic acids is 1. The number of hydrogen-bond donors (Lipinski definition) is 1. The van der Waals surface area contributed by atoms with Gasteiger partial charge >= 0.3 is 11.9 Å². The summed E-state index contributed by atoms with van der Waals surface area (Å²) in [6.45, 7) is 4.29. The van der Waals surface area contributed by atoms with Crippen molar-refractivity contribution < 1.29 is 19.4 Å². The van der Waals surface area contributed by atoms with Crippen LogP contribution in [0.15, 0.2) is 66.7 Å². The van der Waals surface area contributed by atoms with E-state index < -0.39 is 5.97 Å². The van der Waals surface area contributed by atoms with Crippen LogP contribution < -0.4 is 0 Å². The second-order valence-corrected chi connectivity index (χ2v) is 5.26. The quantitative estimate of drug-likeness (QED) is 0.609. The molecule has 2 rings (SSSR count). The van der Waals surface area contributed by atoms with Crippen molar-refractivity contribution in [1.82, 2.24) is 0 Å². The van der Waals surface area contributed by atoms with Crippen molar-refractivity contribution >= 4 is 24.1 Å². The standard InChI is InChI=1S/2C11H12O2/c1-2-9-3-5-10(6-4-9)7-8-11(12)13;1-2-13-11(12)9-8-10-6-4-3-5-7-10/h3-8H,2H2,1H3,(H,12,13);3-9H,2H2,1H3. The number of esters is 1. The van der Waals surface area contributed by atoms with Crippen LogP contribution in [-0.4, -0.2) is 23.7 Å². The molecular weight excluding hydrogens is 328 g/mol. The van der Waals surface area contributed by atoms with E-state index in [0.717, 1.165) is 23.6 Å². The third kappa shape index (κ3) is 9.23. The van der Waals surface area contributed by atoms with E-state index in [4.69, 9.17) is 9.84 Å². The molecule has 0 aromatic heterocycles. The summed E-state index contributed by atoms with van der Waals surface area (Å²) in [7, 11) is 0. The van der Waals surface area contributed by atoms with Gasteiger partial charge in [0.15, 0.2) is 0 Å². The van der Waals surface area contributed by atoms with Gasteiger partial charge < -0.3 is 9.84 Å². The van der Waals surface area contributed by atoms with Crippen LogP contribution in [0.5, 0.6) is 0 Å². The zero-order valence-electron chi connectivity index (χ0n) is 15.1. The van der Waals surface area contributed by atoms with Crippen molar-refractivity contribution in [1.29, 1.82) is 0 Å². The van der Waals surface area contributed by atoms with Gasteiger partial charge in [0.2, 0.25) is 0 Å². The Hall–Kier alpha value is -3.14. The number of aliphatic carboxylic acids is 1. The van der Waals surface area contributed by atoms with E-state index in [0.29, 0.717) is 6.61 Å². The smallest absolute Gasteiger partial charge is 0.330 e. The molecule has 0 aliphatic carbocycles. The molecule has 136 valence electrons. The number of benzene rings is 2. The lowest BCUT2D eigenvalue weighted by Gasteiger charge is -1.96. The lowest BCUT2D eigenvalue weighted by Crippen LogP contribution is -1.98. The van der Waals surface area contributed by atoms with Crippen LogP contribution in [0.3, 0.4) is 0 Å². The number of aryl methyl sites for hydroxylation is 1. The van der Waals surface area contributed by atoms with Gasteiger partial charge in [0.25, 0.3) is 0 Å². The molecule has 2 aromatic rings. The zero-order chi connectivity index (χ0) is 19.2. The van der Waals surface area contributed by atoms with Gasteiger partial charge in [-0.25, -0.2) is 9.59 Å². The van der Waals surface area contributed by atoms with Gasteiger partial charge in [0.05, 0.1) is 6.61 Å². The summed E-state index contributed by atoms with van der Waals surface area (Å²) in [5.74, 6) is -1.22. The van der Waals surface area contributed by atoms with Gasteiger partial charge in [-0.15, -0.1) is 0 Å². The molecule has 26 heavy (non-hydrogen) atoms. The summed E-state index contributed by atoms with van der Waals surface area (Å²) in [6.07, 6.45) is 6.89. The molecule has 0 spiro atoms. The highest BCUT2D eigenvalue weighted by Crippen LogP contribution is 2.06. The minimum absolute atomic E-state index is 0.300. The van der Waals surface area contributed by atoms with Gasteiger partial charge in [0, 0.05) is 12.2 Å². The van der Waals surface area contributed by atoms with Crippen molar-refractivity contribution in [2.24, 2.45) is 0 Å². The lowest BCUT2D eigenvalue weighted by molar-refractivity contribution is -0.137. The Kier molecular flexibility index (Phi) is 9.85. The molecule has 0 fully saturated rings. The molecule has 0 radical (unpaired) electrons. The van der Waals surface area contributed by atoms with Crippen LogP contribution in [0.4, 0.5) is 0 Å². The summed E-state index contributed by atoms with van der Waals surface area (Å²) in [4.78, 5) is 21.1. The fourth-order valence-electron chi connectivity index (χ4n) is 1.95. The maximum atomic E-state index is 10.9. The highest BCUT2D eigenvalue weighted by molar-refractivity contribution is 5.87. The Morgan fingerprint density at radius 2 is 1.46 bits per heavy atom. The zero-order valence-corrected chi connectivity index (χ0v) is 15.1. The van der Waals surface area contributed by atoms with E-state index >= 15 is 0 Å². The molecule has 0 heterocycles. The second-order valence-electron chi connectivity index (χ2n) is 5.26. The van der Waals surface area contributed by atoms with Crippen molar-refractivity contribution in [3.05, 3.63) is 83.4 Å². The molecule has 0 bridgehead atoms. The van der Waals surface area contributed by atoms with Gasteiger partial charge in [-0.1, -0.05) is 61.5 Å². The average Bonchev–Trinajstić information content (AvgIpc) is 2.67. The second kappa shape index (κ2) is 12.3. The van der Waals surface area contributed by atoms with Crippen LogP contribution in [0.1, 0.15) is 30.5 Å². The van der Waals surface area contributed by atoms with Gasteiger partial charge in [-0.05, 0) is 42.2 Å². The van der Waals surface area contributed by atoms with Crippen molar-refractivity contribution in [3.8, 4) is 0 Å². The maximum Gasteiger partial charge on any atom is 0.330 e. The average molecular weight is 352 g/mol. The van der Waals surface area contributed by atoms with Crippen molar-refractivity contribution in [3.63, 3.8) is 0 Å². The molecule has 1 N–H and O–H groups in total. The highest BCUT2D eigenvalue weighted by atomic mass is 16.5. The Bertz CT molecular complexity index is 728. The summed E-state index contributed by atoms with van der Waals surface area (Å²) in [5, 5.41) is 8.39. The monoisotopic (exact) mass is 352 g/mol. The SMILES string of the molecule is CCOC(=O)C=Cc1ccccc1.CCc1ccc(C=CC(=O)O)cc1. The Morgan fingerprint density at radius 1 is 0.885 bits per heavy atom. The molecule has 0 amide bonds. The first-order valence-electron chi connectivity index (χ1n) is 8.45. The predicted molar refractivity (Wildman–Crippen MR) is 105 cm³/mol. The maximum absolute atomic E-state index is 10.9. The predicted octanol–water partition coefficient (Wildman–Crippen LogP) is 4.61. The van der Waals surface area contributed by atoms with Crippen molar-refractivity contribution in [2.75, 3.05) is 6.61 Å². The normalized spacial score (nSPS) is 10.4. The van der Waals surface area contributed by atoms with Crippen LogP contribution in [0, 0.1) is 0 Å². The van der Waals surface area contributed by atoms with Gasteiger partial charge in [-0.2, -0.15) is 0 Å². The topological polar surface area (TPSA) is 63.6 Å². The van der Waals surface area contributed by atoms with E-state index in [2.05, 4.69) is 6.92 Å². The fourth-order valence-corrected chi connectivity index (χ4v) is 1.95. The number of carboxylic acid groups (broad SMARTS) is 1. The third-order valence-corrected chi connectivity index (χ3v) is 3.30. The van der Waals surface area contributed by atoms with Crippen LogP contribution >= 0.6 is 0 Å². The minimum atomic E-state index is -0.917. The molecule has 2 aromatic carbocycles. The lowest BCUT2D eigenvalue weighted by atomic mass is 10.1. The van der Waals surface area contributed by atoms with E-state index in [-0.39, 0.29) is 5.97 Å². The van der Waals surface area contributed by atoms with Crippen molar-refractivity contribution in [2.45, 2.75) is 20.3 Å². The molecule has 0 aliphatic rings. The summed E-state index contributed by atoms with van der Waals surface area (Å²) in [5.41, 5.74) is 3.17. The number of rotatable bonds is 6. The molecule has 4 nitrogen and oxygen atoms in total. The molecule has 0 atom stereocenters. The number of carbonyl (C=O) groups is 2. The summed E-state index contributed by atoms with van der Waals surface area (Å²) in [6, 6.07) is 17.5. The molecule has 0 unspecified atom stereocenters. The van der Waals surface area contributed by atoms with Gasteiger partial charge in [-0.3, -0.25) is 0 Å². The summed E-state index contributed by atoms with van der Waals surface area (Å²) >= 11 is 0. The summed E-state index contributed by atoms with van der Waals surface area (Å²) < 4.78 is 4.74. The molecular formula is C22H24O4. The minimum Gasteiger partial charge on any atom is -0.478 e. The van der Waals surface area contributed by atoms with E-state index in [9.17, 15) is 9.59 Å². The fraction of sp³-hybridized carbons (Fsp3) is 0.182. The molecule has 4 heteroatoms. The number of hydrogen-bond acceptors (Lipinski definition) is 3. The number of carboxylic acids is 1. The third-order valence-electron chi connectivity index (χ3n) is 3.30. The van der Waals surface area contributed by atoms with Gasteiger partial charge in [0.1, 0.15) is 0 Å². The van der Waals surface area contributed by atoms with E-state index in [1.54, 1.807) is 19.1 Å². The van der Waals surface area contributed by atoms with Crippen LogP contribution in [0.2, 0.25) is 0 Å². The van der Waals surface area contributed by atoms with E-state index in [1.807, 2.05) is 54.6 Å². The Balaban J connectivity index is 0.000000260. The Morgan fingerprint density at radius 3 is 2.00 bits per heavy atom. The molecule has 0 aliphatic heterocycles. The van der Waals surface area contributed by atoms with E-state index in [1.165, 1.54) is 11.6 Å². The van der Waals surface area contributed by atoms with Crippen LogP contribution in [-0.2, 0) is 20.7 Å². The Labute approximate surface area is 154 Å². The molecule has 0 saturated heterocycles. The number of ether oxygens (including phenoxy) is 1. The van der Waals surface area contributed by atoms with Crippen LogP contribution in [0.25, 0.3) is 12.2 Å².